The second kappa shape index (κ2) is 6.89. The number of alkyl halides is 3. The fraction of sp³-hybridized carbons (Fsp3) is 0.917. The van der Waals surface area contributed by atoms with Crippen molar-refractivity contribution in [2.24, 2.45) is 0 Å². The van der Waals surface area contributed by atoms with Gasteiger partial charge in [-0.15, -0.1) is 0 Å². The Bertz CT molecular complexity index is 328. The zero-order chi connectivity index (χ0) is 14.6. The number of hydrogen-bond donors (Lipinski definition) is 0. The predicted molar refractivity (Wildman–Crippen MR) is 68.8 cm³/mol. The van der Waals surface area contributed by atoms with Crippen molar-refractivity contribution in [3.8, 4) is 0 Å². The van der Waals surface area contributed by atoms with Gasteiger partial charge in [0.05, 0.1) is 12.6 Å². The Morgan fingerprint density at radius 1 is 1.40 bits per heavy atom. The van der Waals surface area contributed by atoms with Gasteiger partial charge in [0.1, 0.15) is 0 Å². The standard InChI is InChI=1S/C12H18F3NO3S/c13-12(14,15)8-19-11(17)16(9-3-5-20-7-9)6-10-2-1-4-18-10/h9-10H,1-8H2. The first-order valence-electron chi connectivity index (χ1n) is 6.65. The molecular weight excluding hydrogens is 295 g/mol. The molecule has 0 radical (unpaired) electrons. The molecule has 0 aromatic heterocycles. The van der Waals surface area contributed by atoms with Crippen LogP contribution < -0.4 is 0 Å². The average Bonchev–Trinajstić information content (AvgIpc) is 3.04. The third-order valence-corrected chi connectivity index (χ3v) is 4.51. The highest BCUT2D eigenvalue weighted by molar-refractivity contribution is 7.99. The van der Waals surface area contributed by atoms with Crippen molar-refractivity contribution in [1.82, 2.24) is 4.90 Å². The molecule has 0 aromatic carbocycles. The number of hydrogen-bond acceptors (Lipinski definition) is 4. The van der Waals surface area contributed by atoms with Crippen molar-refractivity contribution in [3.05, 3.63) is 0 Å². The number of ether oxygens (including phenoxy) is 2. The van der Waals surface area contributed by atoms with E-state index < -0.39 is 18.9 Å². The Morgan fingerprint density at radius 3 is 2.75 bits per heavy atom. The van der Waals surface area contributed by atoms with Crippen molar-refractivity contribution in [1.29, 1.82) is 0 Å². The quantitative estimate of drug-likeness (QED) is 0.800. The Hall–Kier alpha value is -0.630. The van der Waals surface area contributed by atoms with Crippen LogP contribution in [0.15, 0.2) is 0 Å². The van der Waals surface area contributed by atoms with Gasteiger partial charge in [-0.25, -0.2) is 4.79 Å². The number of nitrogens with zero attached hydrogens (tertiary/aromatic N) is 1. The fourth-order valence-electron chi connectivity index (χ4n) is 2.37. The Labute approximate surface area is 120 Å². The molecule has 116 valence electrons. The lowest BCUT2D eigenvalue weighted by atomic mass is 10.2. The van der Waals surface area contributed by atoms with E-state index in [1.165, 1.54) is 4.90 Å². The molecule has 8 heteroatoms. The van der Waals surface area contributed by atoms with E-state index in [4.69, 9.17) is 4.74 Å². The number of amides is 1. The summed E-state index contributed by atoms with van der Waals surface area (Å²) < 4.78 is 46.3. The molecule has 2 heterocycles. The van der Waals surface area contributed by atoms with E-state index in [9.17, 15) is 18.0 Å². The van der Waals surface area contributed by atoms with E-state index in [1.54, 1.807) is 11.8 Å². The van der Waals surface area contributed by atoms with E-state index in [1.807, 2.05) is 0 Å². The summed E-state index contributed by atoms with van der Waals surface area (Å²) in [5, 5.41) is 0. The summed E-state index contributed by atoms with van der Waals surface area (Å²) in [5.41, 5.74) is 0. The molecule has 2 aliphatic heterocycles. The fourth-order valence-corrected chi connectivity index (χ4v) is 3.60. The van der Waals surface area contributed by atoms with E-state index in [2.05, 4.69) is 4.74 Å². The molecule has 0 saturated carbocycles. The van der Waals surface area contributed by atoms with Crippen LogP contribution in [-0.4, -0.2) is 60.6 Å². The summed E-state index contributed by atoms with van der Waals surface area (Å²) in [7, 11) is 0. The predicted octanol–water partition coefficient (Wildman–Crippen LogP) is 2.67. The minimum Gasteiger partial charge on any atom is -0.440 e. The molecule has 0 aromatic rings. The van der Waals surface area contributed by atoms with Crippen LogP contribution in [-0.2, 0) is 9.47 Å². The summed E-state index contributed by atoms with van der Waals surface area (Å²) in [4.78, 5) is 13.3. The molecule has 2 unspecified atom stereocenters. The summed E-state index contributed by atoms with van der Waals surface area (Å²) >= 11 is 1.70. The lowest BCUT2D eigenvalue weighted by Gasteiger charge is -2.29. The molecule has 2 saturated heterocycles. The van der Waals surface area contributed by atoms with Crippen LogP contribution in [0.5, 0.6) is 0 Å². The molecule has 0 bridgehead atoms. The van der Waals surface area contributed by atoms with Gasteiger partial charge in [-0.2, -0.15) is 24.9 Å². The third kappa shape index (κ3) is 4.73. The van der Waals surface area contributed by atoms with Crippen LogP contribution in [0.3, 0.4) is 0 Å². The van der Waals surface area contributed by atoms with Crippen molar-refractivity contribution in [2.45, 2.75) is 37.6 Å². The Balaban J connectivity index is 1.91. The van der Waals surface area contributed by atoms with E-state index in [-0.39, 0.29) is 12.1 Å². The first-order valence-corrected chi connectivity index (χ1v) is 7.80. The topological polar surface area (TPSA) is 38.8 Å². The van der Waals surface area contributed by atoms with Crippen LogP contribution in [0.25, 0.3) is 0 Å². The lowest BCUT2D eigenvalue weighted by Crippen LogP contribution is -2.45. The summed E-state index contributed by atoms with van der Waals surface area (Å²) in [6.07, 6.45) is -2.91. The molecule has 2 atom stereocenters. The largest absolute Gasteiger partial charge is 0.440 e. The van der Waals surface area contributed by atoms with Gasteiger partial charge in [0.25, 0.3) is 0 Å². The van der Waals surface area contributed by atoms with Gasteiger partial charge in [0.15, 0.2) is 6.61 Å². The zero-order valence-corrected chi connectivity index (χ0v) is 11.8. The molecule has 2 fully saturated rings. The highest BCUT2D eigenvalue weighted by Crippen LogP contribution is 2.25. The van der Waals surface area contributed by atoms with Gasteiger partial charge in [-0.1, -0.05) is 0 Å². The van der Waals surface area contributed by atoms with Crippen molar-refractivity contribution < 1.29 is 27.4 Å². The van der Waals surface area contributed by atoms with Crippen LogP contribution in [0.1, 0.15) is 19.3 Å². The first-order chi connectivity index (χ1) is 9.46. The Morgan fingerprint density at radius 2 is 2.20 bits per heavy atom. The average molecular weight is 313 g/mol. The molecule has 4 nitrogen and oxygen atoms in total. The molecule has 0 N–H and O–H groups in total. The molecular formula is C12H18F3NO3S. The molecule has 2 aliphatic rings. The monoisotopic (exact) mass is 313 g/mol. The summed E-state index contributed by atoms with van der Waals surface area (Å²) in [6, 6.07) is -0.0510. The van der Waals surface area contributed by atoms with E-state index in [0.717, 1.165) is 30.8 Å². The number of thioether (sulfide) groups is 1. The van der Waals surface area contributed by atoms with E-state index in [0.29, 0.717) is 13.2 Å². The maximum atomic E-state index is 12.1. The lowest BCUT2D eigenvalue weighted by molar-refractivity contribution is -0.163. The maximum absolute atomic E-state index is 12.1. The zero-order valence-electron chi connectivity index (χ0n) is 11.0. The van der Waals surface area contributed by atoms with Crippen molar-refractivity contribution in [3.63, 3.8) is 0 Å². The smallest absolute Gasteiger partial charge is 0.422 e. The summed E-state index contributed by atoms with van der Waals surface area (Å²) in [6.45, 7) is -0.564. The normalized spacial score (nSPS) is 26.8. The van der Waals surface area contributed by atoms with Crippen LogP contribution >= 0.6 is 11.8 Å². The van der Waals surface area contributed by atoms with Crippen LogP contribution in [0, 0.1) is 0 Å². The molecule has 2 rings (SSSR count). The third-order valence-electron chi connectivity index (χ3n) is 3.36. The van der Waals surface area contributed by atoms with Crippen molar-refractivity contribution >= 4 is 17.9 Å². The minimum absolute atomic E-state index is 0.0510. The number of carbonyl (C=O) groups is 1. The van der Waals surface area contributed by atoms with Gasteiger partial charge in [0, 0.05) is 18.4 Å². The van der Waals surface area contributed by atoms with Gasteiger partial charge >= 0.3 is 12.3 Å². The molecule has 20 heavy (non-hydrogen) atoms. The van der Waals surface area contributed by atoms with Gasteiger partial charge in [-0.3, -0.25) is 0 Å². The van der Waals surface area contributed by atoms with Gasteiger partial charge < -0.3 is 14.4 Å². The Kier molecular flexibility index (Phi) is 5.42. The second-order valence-corrected chi connectivity index (χ2v) is 6.12. The highest BCUT2D eigenvalue weighted by atomic mass is 32.2. The van der Waals surface area contributed by atoms with E-state index >= 15 is 0 Å². The molecule has 1 amide bonds. The highest BCUT2D eigenvalue weighted by Gasteiger charge is 2.35. The summed E-state index contributed by atoms with van der Waals surface area (Å²) in [5.74, 6) is 1.66. The minimum atomic E-state index is -4.49. The van der Waals surface area contributed by atoms with Crippen molar-refractivity contribution in [2.75, 3.05) is 31.3 Å². The number of carbonyl (C=O) groups excluding carboxylic acids is 1. The van der Waals surface area contributed by atoms with Gasteiger partial charge in [0.2, 0.25) is 0 Å². The van der Waals surface area contributed by atoms with Crippen LogP contribution in [0.4, 0.5) is 18.0 Å². The van der Waals surface area contributed by atoms with Gasteiger partial charge in [-0.05, 0) is 25.0 Å². The molecule has 0 aliphatic carbocycles. The number of rotatable bonds is 4. The second-order valence-electron chi connectivity index (χ2n) is 4.97. The molecule has 0 spiro atoms. The SMILES string of the molecule is O=C(OCC(F)(F)F)N(CC1CCCO1)C1CCSC1. The maximum Gasteiger partial charge on any atom is 0.422 e. The van der Waals surface area contributed by atoms with Crippen LogP contribution in [0.2, 0.25) is 0 Å². The number of halogens is 3. The first kappa shape index (κ1) is 15.8.